The van der Waals surface area contributed by atoms with Gasteiger partial charge in [0.15, 0.2) is 0 Å². The van der Waals surface area contributed by atoms with E-state index in [1.54, 1.807) is 12.3 Å². The van der Waals surface area contributed by atoms with Gasteiger partial charge in [-0.3, -0.25) is 14.5 Å². The van der Waals surface area contributed by atoms with Gasteiger partial charge in [0.2, 0.25) is 5.91 Å². The molecule has 35 heavy (non-hydrogen) atoms. The summed E-state index contributed by atoms with van der Waals surface area (Å²) in [6.07, 6.45) is 6.46. The highest BCUT2D eigenvalue weighted by molar-refractivity contribution is 5.78. The summed E-state index contributed by atoms with van der Waals surface area (Å²) in [5.74, 6) is 0.686. The van der Waals surface area contributed by atoms with Crippen LogP contribution in [0.2, 0.25) is 0 Å². The van der Waals surface area contributed by atoms with Crippen molar-refractivity contribution in [3.63, 3.8) is 0 Å². The van der Waals surface area contributed by atoms with Gasteiger partial charge in [-0.15, -0.1) is 0 Å². The first kappa shape index (κ1) is 24.5. The number of aliphatic carboxylic acids is 1. The molecule has 8 nitrogen and oxygen atoms in total. The van der Waals surface area contributed by atoms with E-state index in [4.69, 9.17) is 4.74 Å². The fraction of sp³-hybridized carbons (Fsp3) is 0.370. The van der Waals surface area contributed by atoms with Crippen LogP contribution in [0.25, 0.3) is 5.82 Å². The van der Waals surface area contributed by atoms with E-state index in [1.165, 1.54) is 0 Å². The summed E-state index contributed by atoms with van der Waals surface area (Å²) in [6, 6.07) is 13.5. The predicted octanol–water partition coefficient (Wildman–Crippen LogP) is 3.49. The van der Waals surface area contributed by atoms with E-state index >= 15 is 0 Å². The molecule has 0 saturated heterocycles. The number of nitrogens with one attached hydrogen (secondary N) is 1. The number of carboxylic acid groups (broad SMARTS) is 1. The molecule has 0 bridgehead atoms. The van der Waals surface area contributed by atoms with Crippen LogP contribution in [0.1, 0.15) is 41.6 Å². The second-order valence-electron chi connectivity index (χ2n) is 8.93. The minimum absolute atomic E-state index is 0.0273. The van der Waals surface area contributed by atoms with Crippen LogP contribution in [0.4, 0.5) is 0 Å². The Hall–Kier alpha value is -3.65. The number of benzene rings is 1. The SMILES string of the molecule is Cc1cccnc1-n1cccc1CN1CC(=O)NCCCCCOc2ccc(CC(=O)O)cc2C1. The van der Waals surface area contributed by atoms with Gasteiger partial charge in [-0.05, 0) is 61.6 Å². The van der Waals surface area contributed by atoms with Crippen LogP contribution in [0.15, 0.2) is 54.9 Å². The fourth-order valence-electron chi connectivity index (χ4n) is 4.37. The number of rotatable bonds is 5. The zero-order valence-corrected chi connectivity index (χ0v) is 20.1. The van der Waals surface area contributed by atoms with Gasteiger partial charge < -0.3 is 19.7 Å². The van der Waals surface area contributed by atoms with E-state index in [-0.39, 0.29) is 18.9 Å². The minimum atomic E-state index is -0.879. The first-order chi connectivity index (χ1) is 17.0. The molecule has 1 aliphatic rings. The van der Waals surface area contributed by atoms with E-state index in [0.717, 1.165) is 47.7 Å². The molecule has 8 heteroatoms. The number of nitrogens with zero attached hydrogens (tertiary/aromatic N) is 3. The van der Waals surface area contributed by atoms with Gasteiger partial charge in [0.25, 0.3) is 0 Å². The van der Waals surface area contributed by atoms with Crippen LogP contribution in [0.3, 0.4) is 0 Å². The number of carboxylic acids is 1. The van der Waals surface area contributed by atoms with E-state index in [2.05, 4.69) is 15.2 Å². The fourth-order valence-corrected chi connectivity index (χ4v) is 4.37. The van der Waals surface area contributed by atoms with Crippen molar-refractivity contribution in [1.29, 1.82) is 0 Å². The second kappa shape index (κ2) is 11.7. The quantitative estimate of drug-likeness (QED) is 0.585. The van der Waals surface area contributed by atoms with Crippen molar-refractivity contribution < 1.29 is 19.4 Å². The van der Waals surface area contributed by atoms with Gasteiger partial charge in [-0.1, -0.05) is 18.2 Å². The molecule has 0 spiro atoms. The molecule has 2 N–H and O–H groups in total. The van der Waals surface area contributed by atoms with Crippen molar-refractivity contribution in [2.24, 2.45) is 0 Å². The molecular formula is C27H32N4O4. The van der Waals surface area contributed by atoms with Gasteiger partial charge in [-0.25, -0.2) is 4.98 Å². The molecule has 1 aliphatic heterocycles. The lowest BCUT2D eigenvalue weighted by Gasteiger charge is -2.24. The molecular weight excluding hydrogens is 444 g/mol. The molecule has 3 heterocycles. The number of hydrogen-bond donors (Lipinski definition) is 2. The maximum atomic E-state index is 12.8. The van der Waals surface area contributed by atoms with Gasteiger partial charge >= 0.3 is 5.97 Å². The third-order valence-corrected chi connectivity index (χ3v) is 6.07. The molecule has 0 fully saturated rings. The van der Waals surface area contributed by atoms with Crippen molar-refractivity contribution in [3.8, 4) is 11.6 Å². The summed E-state index contributed by atoms with van der Waals surface area (Å²) in [5.41, 5.74) is 3.65. The molecule has 0 atom stereocenters. The third-order valence-electron chi connectivity index (χ3n) is 6.07. The van der Waals surface area contributed by atoms with Crippen molar-refractivity contribution in [1.82, 2.24) is 19.8 Å². The summed E-state index contributed by atoms with van der Waals surface area (Å²) >= 11 is 0. The summed E-state index contributed by atoms with van der Waals surface area (Å²) in [7, 11) is 0. The molecule has 1 aromatic carbocycles. The van der Waals surface area contributed by atoms with Crippen LogP contribution in [-0.4, -0.2) is 51.1 Å². The largest absolute Gasteiger partial charge is 0.493 e. The predicted molar refractivity (Wildman–Crippen MR) is 133 cm³/mol. The highest BCUT2D eigenvalue weighted by Gasteiger charge is 2.18. The highest BCUT2D eigenvalue weighted by Crippen LogP contribution is 2.25. The Morgan fingerprint density at radius 3 is 2.86 bits per heavy atom. The van der Waals surface area contributed by atoms with E-state index in [9.17, 15) is 14.7 Å². The van der Waals surface area contributed by atoms with Gasteiger partial charge in [0, 0.05) is 43.3 Å². The van der Waals surface area contributed by atoms with Crippen molar-refractivity contribution >= 4 is 11.9 Å². The Morgan fingerprint density at radius 2 is 2.03 bits per heavy atom. The number of aryl methyl sites for hydroxylation is 1. The number of hydrogen-bond acceptors (Lipinski definition) is 5. The molecule has 184 valence electrons. The maximum Gasteiger partial charge on any atom is 0.307 e. The summed E-state index contributed by atoms with van der Waals surface area (Å²) in [4.78, 5) is 30.7. The van der Waals surface area contributed by atoms with Crippen molar-refractivity contribution in [2.45, 2.75) is 45.7 Å². The molecule has 0 radical (unpaired) electrons. The normalized spacial score (nSPS) is 15.6. The second-order valence-corrected chi connectivity index (χ2v) is 8.93. The first-order valence-corrected chi connectivity index (χ1v) is 12.0. The molecule has 0 unspecified atom stereocenters. The van der Waals surface area contributed by atoms with Gasteiger partial charge in [0.05, 0.1) is 19.6 Å². The smallest absolute Gasteiger partial charge is 0.307 e. The Labute approximate surface area is 205 Å². The first-order valence-electron chi connectivity index (χ1n) is 12.0. The third kappa shape index (κ3) is 6.70. The number of aromatic nitrogens is 2. The number of carbonyl (C=O) groups excluding carboxylic acids is 1. The standard InChI is InChI=1S/C27H32N4O4/c1-20-7-5-12-29-27(20)31-13-6-8-23(31)18-30-17-22-15-21(16-26(33)34)9-10-24(22)35-14-4-2-3-11-28-25(32)19-30/h5-10,12-13,15H,2-4,11,14,16-19H2,1H3,(H,28,32)(H,33,34). The van der Waals surface area contributed by atoms with E-state index in [0.29, 0.717) is 31.8 Å². The molecule has 4 rings (SSSR count). The number of carbonyl (C=O) groups is 2. The lowest BCUT2D eigenvalue weighted by molar-refractivity contribution is -0.136. The van der Waals surface area contributed by atoms with Crippen molar-refractivity contribution in [3.05, 3.63) is 77.2 Å². The topological polar surface area (TPSA) is 96.7 Å². The molecule has 3 aromatic rings. The summed E-state index contributed by atoms with van der Waals surface area (Å²) < 4.78 is 8.13. The molecule has 2 aromatic heterocycles. The van der Waals surface area contributed by atoms with E-state index in [1.807, 2.05) is 54.1 Å². The lowest BCUT2D eigenvalue weighted by Crippen LogP contribution is -2.37. The Morgan fingerprint density at radius 1 is 1.14 bits per heavy atom. The van der Waals surface area contributed by atoms with Crippen LogP contribution >= 0.6 is 0 Å². The van der Waals surface area contributed by atoms with Crippen molar-refractivity contribution in [2.75, 3.05) is 19.7 Å². The monoisotopic (exact) mass is 476 g/mol. The van der Waals surface area contributed by atoms with Crippen LogP contribution in [0, 0.1) is 6.92 Å². The molecule has 1 amide bonds. The average molecular weight is 477 g/mol. The number of pyridine rings is 1. The number of amides is 1. The summed E-state index contributed by atoms with van der Waals surface area (Å²) in [5, 5.41) is 12.3. The molecule has 0 saturated carbocycles. The van der Waals surface area contributed by atoms with Crippen LogP contribution in [0.5, 0.6) is 5.75 Å². The number of ether oxygens (including phenoxy) is 1. The summed E-state index contributed by atoms with van der Waals surface area (Å²) in [6.45, 7) is 4.43. The zero-order valence-electron chi connectivity index (χ0n) is 20.1. The Bertz CT molecular complexity index is 1170. The van der Waals surface area contributed by atoms with Gasteiger partial charge in [0.1, 0.15) is 11.6 Å². The lowest BCUT2D eigenvalue weighted by atomic mass is 10.1. The minimum Gasteiger partial charge on any atom is -0.493 e. The van der Waals surface area contributed by atoms with Gasteiger partial charge in [-0.2, -0.15) is 0 Å². The Balaban J connectivity index is 1.65. The average Bonchev–Trinajstić information content (AvgIpc) is 3.27. The van der Waals surface area contributed by atoms with Crippen LogP contribution < -0.4 is 10.1 Å². The maximum absolute atomic E-state index is 12.8. The van der Waals surface area contributed by atoms with E-state index < -0.39 is 5.97 Å². The number of fused-ring (bicyclic) bond motifs is 1. The molecule has 0 aliphatic carbocycles. The van der Waals surface area contributed by atoms with Crippen LogP contribution in [-0.2, 0) is 29.1 Å². The Kier molecular flexibility index (Phi) is 8.15. The highest BCUT2D eigenvalue weighted by atomic mass is 16.5. The zero-order chi connectivity index (χ0) is 24.6.